The number of H-pyrrole nitrogens is 1. The van der Waals surface area contributed by atoms with Gasteiger partial charge in [-0.3, -0.25) is 28.9 Å². The number of amides is 1. The summed E-state index contributed by atoms with van der Waals surface area (Å²) in [4.78, 5) is 48.4. The van der Waals surface area contributed by atoms with Crippen molar-refractivity contribution in [1.29, 1.82) is 0 Å². The maximum Gasteiger partial charge on any atom is 0.330 e. The molecule has 0 aliphatic carbocycles. The van der Waals surface area contributed by atoms with Crippen LogP contribution in [0.4, 0.5) is 10.1 Å². The Morgan fingerprint density at radius 1 is 1.12 bits per heavy atom. The lowest BCUT2D eigenvalue weighted by Crippen LogP contribution is -2.48. The van der Waals surface area contributed by atoms with E-state index >= 15 is 0 Å². The molecule has 34 heavy (non-hydrogen) atoms. The number of carbonyl (C=O) groups is 1. The van der Waals surface area contributed by atoms with Crippen molar-refractivity contribution in [3.63, 3.8) is 0 Å². The lowest BCUT2D eigenvalue weighted by atomic mass is 10.3. The third-order valence-corrected chi connectivity index (χ3v) is 6.17. The highest BCUT2D eigenvalue weighted by Crippen LogP contribution is 2.14. The predicted octanol–water partition coefficient (Wildman–Crippen LogP) is 1.12. The highest BCUT2D eigenvalue weighted by atomic mass is 19.1. The standard InChI is InChI=1S/C23H30FN7O3/c1-3-4-9-31-21-20(22(33)27-23(31)34)28(2)18(26-21)14-29-10-12-30(13-11-29)15-19(32)25-17-7-5-16(24)6-8-17/h5-8H,3-4,9-15H2,1-2H3,(H,25,32)(H,27,33,34). The summed E-state index contributed by atoms with van der Waals surface area (Å²) in [7, 11) is 1.80. The van der Waals surface area contributed by atoms with E-state index in [1.54, 1.807) is 16.2 Å². The molecule has 1 saturated heterocycles. The van der Waals surface area contributed by atoms with E-state index in [0.717, 1.165) is 31.8 Å². The van der Waals surface area contributed by atoms with E-state index in [1.807, 2.05) is 6.92 Å². The topological polar surface area (TPSA) is 108 Å². The molecule has 4 rings (SSSR count). The first-order valence-electron chi connectivity index (χ1n) is 11.5. The molecule has 0 bridgehead atoms. The van der Waals surface area contributed by atoms with Gasteiger partial charge in [-0.1, -0.05) is 13.3 Å². The van der Waals surface area contributed by atoms with Crippen LogP contribution < -0.4 is 16.6 Å². The minimum Gasteiger partial charge on any atom is -0.325 e. The fourth-order valence-electron chi connectivity index (χ4n) is 4.20. The van der Waals surface area contributed by atoms with Gasteiger partial charge in [0.2, 0.25) is 5.91 Å². The molecule has 0 atom stereocenters. The summed E-state index contributed by atoms with van der Waals surface area (Å²) in [6.45, 7) is 6.27. The second kappa shape index (κ2) is 10.3. The van der Waals surface area contributed by atoms with E-state index in [9.17, 15) is 18.8 Å². The molecule has 3 aromatic rings. The number of unbranched alkanes of at least 4 members (excludes halogenated alkanes) is 1. The number of hydrogen-bond acceptors (Lipinski definition) is 6. The number of piperazine rings is 1. The third-order valence-electron chi connectivity index (χ3n) is 6.17. The molecule has 3 heterocycles. The summed E-state index contributed by atoms with van der Waals surface area (Å²) in [6.07, 6.45) is 1.75. The number of halogens is 1. The molecule has 182 valence electrons. The van der Waals surface area contributed by atoms with Crippen LogP contribution in [-0.2, 0) is 24.9 Å². The van der Waals surface area contributed by atoms with Crippen molar-refractivity contribution in [3.05, 3.63) is 56.7 Å². The van der Waals surface area contributed by atoms with Gasteiger partial charge in [0.15, 0.2) is 11.2 Å². The van der Waals surface area contributed by atoms with Gasteiger partial charge in [0.05, 0.1) is 13.1 Å². The number of imidazole rings is 1. The maximum atomic E-state index is 13.0. The monoisotopic (exact) mass is 471 g/mol. The van der Waals surface area contributed by atoms with Crippen molar-refractivity contribution in [2.24, 2.45) is 7.05 Å². The van der Waals surface area contributed by atoms with Crippen molar-refractivity contribution in [2.45, 2.75) is 32.9 Å². The third kappa shape index (κ3) is 5.26. The van der Waals surface area contributed by atoms with Gasteiger partial charge in [-0.2, -0.15) is 0 Å². The van der Waals surface area contributed by atoms with Gasteiger partial charge in [0, 0.05) is 45.5 Å². The number of benzene rings is 1. The van der Waals surface area contributed by atoms with Crippen LogP contribution in [0, 0.1) is 5.82 Å². The number of aryl methyl sites for hydroxylation is 2. The Hall–Kier alpha value is -3.31. The van der Waals surface area contributed by atoms with Gasteiger partial charge in [0.25, 0.3) is 5.56 Å². The average molecular weight is 472 g/mol. The normalized spacial score (nSPS) is 15.1. The van der Waals surface area contributed by atoms with Crippen LogP contribution in [0.3, 0.4) is 0 Å². The van der Waals surface area contributed by atoms with Gasteiger partial charge in [-0.25, -0.2) is 14.2 Å². The Kier molecular flexibility index (Phi) is 7.23. The molecule has 11 heteroatoms. The number of rotatable bonds is 8. The Morgan fingerprint density at radius 2 is 1.79 bits per heavy atom. The first-order chi connectivity index (χ1) is 16.4. The number of anilines is 1. The van der Waals surface area contributed by atoms with Crippen molar-refractivity contribution in [1.82, 2.24) is 28.9 Å². The van der Waals surface area contributed by atoms with Crippen molar-refractivity contribution >= 4 is 22.8 Å². The predicted molar refractivity (Wildman–Crippen MR) is 127 cm³/mol. The Labute approximate surface area is 196 Å². The molecular formula is C23H30FN7O3. The van der Waals surface area contributed by atoms with Crippen LogP contribution in [-0.4, -0.2) is 67.5 Å². The SMILES string of the molecule is CCCCn1c(=O)[nH]c(=O)c2c1nc(CN1CCN(CC(=O)Nc3ccc(F)cc3)CC1)n2C. The van der Waals surface area contributed by atoms with Crippen LogP contribution >= 0.6 is 0 Å². The van der Waals surface area contributed by atoms with Crippen LogP contribution in [0.15, 0.2) is 33.9 Å². The minimum atomic E-state index is -0.428. The summed E-state index contributed by atoms with van der Waals surface area (Å²) >= 11 is 0. The molecule has 1 aliphatic heterocycles. The number of nitrogens with one attached hydrogen (secondary N) is 2. The molecule has 1 aromatic carbocycles. The smallest absolute Gasteiger partial charge is 0.325 e. The quantitative estimate of drug-likeness (QED) is 0.510. The summed E-state index contributed by atoms with van der Waals surface area (Å²) in [6, 6.07) is 5.70. The van der Waals surface area contributed by atoms with E-state index in [2.05, 4.69) is 25.1 Å². The van der Waals surface area contributed by atoms with Crippen LogP contribution in [0.2, 0.25) is 0 Å². The zero-order chi connectivity index (χ0) is 24.2. The number of carbonyl (C=O) groups excluding carboxylic acids is 1. The molecule has 0 spiro atoms. The molecular weight excluding hydrogens is 441 g/mol. The molecule has 2 aromatic heterocycles. The average Bonchev–Trinajstić information content (AvgIpc) is 3.12. The van der Waals surface area contributed by atoms with Crippen molar-refractivity contribution < 1.29 is 9.18 Å². The first kappa shape index (κ1) is 23.8. The number of fused-ring (bicyclic) bond motifs is 1. The Morgan fingerprint density at radius 3 is 2.47 bits per heavy atom. The molecule has 0 radical (unpaired) electrons. The second-order valence-corrected chi connectivity index (χ2v) is 8.63. The van der Waals surface area contributed by atoms with Crippen LogP contribution in [0.25, 0.3) is 11.2 Å². The fraction of sp³-hybridized carbons (Fsp3) is 0.478. The van der Waals surface area contributed by atoms with Gasteiger partial charge in [0.1, 0.15) is 11.6 Å². The molecule has 2 N–H and O–H groups in total. The molecule has 1 amide bonds. The highest BCUT2D eigenvalue weighted by Gasteiger charge is 2.22. The molecule has 0 unspecified atom stereocenters. The lowest BCUT2D eigenvalue weighted by molar-refractivity contribution is -0.117. The van der Waals surface area contributed by atoms with E-state index < -0.39 is 11.2 Å². The molecule has 1 fully saturated rings. The summed E-state index contributed by atoms with van der Waals surface area (Å²) in [5.74, 6) is 0.238. The number of aromatic amines is 1. The first-order valence-corrected chi connectivity index (χ1v) is 11.5. The van der Waals surface area contributed by atoms with Crippen molar-refractivity contribution in [2.75, 3.05) is 38.0 Å². The Bertz CT molecular complexity index is 1270. The molecule has 0 saturated carbocycles. The lowest BCUT2D eigenvalue weighted by Gasteiger charge is -2.34. The molecule has 10 nitrogen and oxygen atoms in total. The minimum absolute atomic E-state index is 0.139. The zero-order valence-electron chi connectivity index (χ0n) is 19.5. The van der Waals surface area contributed by atoms with E-state index in [0.29, 0.717) is 43.0 Å². The van der Waals surface area contributed by atoms with Crippen molar-refractivity contribution in [3.8, 4) is 0 Å². The van der Waals surface area contributed by atoms with E-state index in [-0.39, 0.29) is 18.3 Å². The van der Waals surface area contributed by atoms with Gasteiger partial charge < -0.3 is 9.88 Å². The fourth-order valence-corrected chi connectivity index (χ4v) is 4.20. The van der Waals surface area contributed by atoms with Gasteiger partial charge >= 0.3 is 5.69 Å². The molecule has 1 aliphatic rings. The highest BCUT2D eigenvalue weighted by molar-refractivity contribution is 5.92. The van der Waals surface area contributed by atoms with Gasteiger partial charge in [-0.15, -0.1) is 0 Å². The van der Waals surface area contributed by atoms with Crippen LogP contribution in [0.5, 0.6) is 0 Å². The van der Waals surface area contributed by atoms with E-state index in [4.69, 9.17) is 0 Å². The number of hydrogen-bond donors (Lipinski definition) is 2. The number of aromatic nitrogens is 4. The van der Waals surface area contributed by atoms with Crippen LogP contribution in [0.1, 0.15) is 25.6 Å². The second-order valence-electron chi connectivity index (χ2n) is 8.63. The summed E-state index contributed by atoms with van der Waals surface area (Å²) < 4.78 is 16.3. The maximum absolute atomic E-state index is 13.0. The zero-order valence-corrected chi connectivity index (χ0v) is 19.5. The van der Waals surface area contributed by atoms with Gasteiger partial charge in [-0.05, 0) is 30.7 Å². The Balaban J connectivity index is 1.37. The summed E-state index contributed by atoms with van der Waals surface area (Å²) in [5, 5.41) is 2.78. The number of nitrogens with zero attached hydrogens (tertiary/aromatic N) is 5. The summed E-state index contributed by atoms with van der Waals surface area (Å²) in [5.41, 5.74) is 0.547. The van der Waals surface area contributed by atoms with E-state index in [1.165, 1.54) is 24.3 Å². The largest absolute Gasteiger partial charge is 0.330 e.